The van der Waals surface area contributed by atoms with Crippen LogP contribution in [0, 0.1) is 53.3 Å². The Morgan fingerprint density at radius 1 is 1.06 bits per heavy atom. The van der Waals surface area contributed by atoms with E-state index in [4.69, 9.17) is 0 Å². The molecule has 84 valence electrons. The molecule has 5 aliphatic carbocycles. The van der Waals surface area contributed by atoms with Crippen LogP contribution in [0.5, 0.6) is 0 Å². The van der Waals surface area contributed by atoms with E-state index in [1.165, 1.54) is 6.42 Å². The summed E-state index contributed by atoms with van der Waals surface area (Å²) >= 11 is 0. The molecule has 0 aromatic carbocycles. The third kappa shape index (κ3) is 0.658. The molecule has 0 amide bonds. The van der Waals surface area contributed by atoms with Gasteiger partial charge in [-0.3, -0.25) is 0 Å². The Kier molecular flexibility index (Phi) is 1.25. The van der Waals surface area contributed by atoms with E-state index in [-0.39, 0.29) is 0 Å². The van der Waals surface area contributed by atoms with E-state index in [2.05, 4.69) is 32.1 Å². The lowest BCUT2D eigenvalue weighted by molar-refractivity contribution is 0.312. The lowest BCUT2D eigenvalue weighted by atomic mass is 9.83. The van der Waals surface area contributed by atoms with Crippen molar-refractivity contribution in [3.63, 3.8) is 0 Å². The van der Waals surface area contributed by atoms with Gasteiger partial charge in [-0.1, -0.05) is 30.7 Å². The molecule has 1 unspecified atom stereocenters. The van der Waals surface area contributed by atoms with Crippen LogP contribution in [-0.2, 0) is 0 Å². The highest BCUT2D eigenvalue weighted by molar-refractivity contribution is 5.34. The molecule has 0 nitrogen and oxygen atoms in total. The van der Waals surface area contributed by atoms with Crippen LogP contribution < -0.4 is 0 Å². The largest absolute Gasteiger partial charge is 0.0845 e. The van der Waals surface area contributed by atoms with Crippen LogP contribution in [0.3, 0.4) is 0 Å². The predicted molar refractivity (Wildman–Crippen MR) is 64.6 cm³/mol. The first kappa shape index (κ1) is 8.55. The zero-order valence-corrected chi connectivity index (χ0v) is 10.1. The Labute approximate surface area is 97.8 Å². The fourth-order valence-corrected chi connectivity index (χ4v) is 6.76. The summed E-state index contributed by atoms with van der Waals surface area (Å²) in [7, 11) is 0. The molecule has 0 N–H and O–H groups in total. The van der Waals surface area contributed by atoms with Gasteiger partial charge in [0.05, 0.1) is 0 Å². The van der Waals surface area contributed by atoms with Crippen molar-refractivity contribution in [3.05, 3.63) is 23.8 Å². The van der Waals surface area contributed by atoms with E-state index in [1.807, 2.05) is 0 Å². The number of rotatable bonds is 0. The molecule has 3 fully saturated rings. The SMILES string of the molecule is CC1=C[C@@H]2C[C@@H]3C(C)[C@@H]4C=C[C@H]5[C@@H]1[C@@H]2[C@@H]3[C@H]54. The Balaban J connectivity index is 1.74. The monoisotopic (exact) mass is 212 g/mol. The van der Waals surface area contributed by atoms with Crippen molar-refractivity contribution in [2.24, 2.45) is 53.3 Å². The molecular weight excluding hydrogens is 192 g/mol. The predicted octanol–water partition coefficient (Wildman–Crippen LogP) is 3.51. The maximum absolute atomic E-state index is 2.65. The Morgan fingerprint density at radius 2 is 1.88 bits per heavy atom. The third-order valence-corrected chi connectivity index (χ3v) is 6.98. The summed E-state index contributed by atoms with van der Waals surface area (Å²) in [5.41, 5.74) is 1.74. The van der Waals surface area contributed by atoms with E-state index in [0.29, 0.717) is 0 Å². The number of allylic oxidation sites excluding steroid dienone is 4. The molecule has 0 saturated heterocycles. The lowest BCUT2D eigenvalue weighted by Gasteiger charge is -2.21. The van der Waals surface area contributed by atoms with Crippen molar-refractivity contribution < 1.29 is 0 Å². The van der Waals surface area contributed by atoms with Gasteiger partial charge in [0.1, 0.15) is 0 Å². The topological polar surface area (TPSA) is 0 Å². The molecule has 5 rings (SSSR count). The van der Waals surface area contributed by atoms with Crippen molar-refractivity contribution in [2.45, 2.75) is 20.3 Å². The quantitative estimate of drug-likeness (QED) is 0.539. The summed E-state index contributed by atoms with van der Waals surface area (Å²) in [5.74, 6) is 9.11. The zero-order valence-electron chi connectivity index (χ0n) is 10.1. The second-order valence-electron chi connectivity index (χ2n) is 7.13. The van der Waals surface area contributed by atoms with Crippen LogP contribution >= 0.6 is 0 Å². The first-order valence-electron chi connectivity index (χ1n) is 7.14. The van der Waals surface area contributed by atoms with Crippen LogP contribution in [0.1, 0.15) is 20.3 Å². The zero-order chi connectivity index (χ0) is 10.6. The van der Waals surface area contributed by atoms with E-state index in [0.717, 1.165) is 53.3 Å². The van der Waals surface area contributed by atoms with Crippen molar-refractivity contribution >= 4 is 0 Å². The van der Waals surface area contributed by atoms with Crippen molar-refractivity contribution in [3.8, 4) is 0 Å². The third-order valence-electron chi connectivity index (χ3n) is 6.98. The molecule has 0 radical (unpaired) electrons. The summed E-state index contributed by atoms with van der Waals surface area (Å²) in [6.07, 6.45) is 9.37. The fraction of sp³-hybridized carbons (Fsp3) is 0.750. The highest BCUT2D eigenvalue weighted by atomic mass is 14.7. The highest BCUT2D eigenvalue weighted by Gasteiger charge is 2.68. The van der Waals surface area contributed by atoms with Gasteiger partial charge in [0.25, 0.3) is 0 Å². The summed E-state index contributed by atoms with van der Waals surface area (Å²) in [6, 6.07) is 0. The molecule has 3 saturated carbocycles. The Morgan fingerprint density at radius 3 is 2.75 bits per heavy atom. The maximum atomic E-state index is 2.65. The molecule has 0 aromatic rings. The normalized spacial score (nSPS) is 67.9. The van der Waals surface area contributed by atoms with Crippen molar-refractivity contribution in [1.82, 2.24) is 0 Å². The molecule has 0 heteroatoms. The van der Waals surface area contributed by atoms with Gasteiger partial charge >= 0.3 is 0 Å². The molecule has 0 aromatic heterocycles. The maximum Gasteiger partial charge on any atom is -0.0103 e. The summed E-state index contributed by atoms with van der Waals surface area (Å²) in [6.45, 7) is 4.94. The van der Waals surface area contributed by atoms with Gasteiger partial charge in [0, 0.05) is 0 Å². The molecule has 0 spiro atoms. The average molecular weight is 212 g/mol. The Hall–Kier alpha value is -0.520. The minimum Gasteiger partial charge on any atom is -0.0845 e. The molecule has 0 heterocycles. The number of hydrogen-bond acceptors (Lipinski definition) is 0. The molecule has 0 aliphatic heterocycles. The molecule has 16 heavy (non-hydrogen) atoms. The van der Waals surface area contributed by atoms with E-state index >= 15 is 0 Å². The minimum absolute atomic E-state index is 0.939. The van der Waals surface area contributed by atoms with Crippen LogP contribution in [0.15, 0.2) is 23.8 Å². The standard InChI is InChI=1S/C16H20/c1-7-5-9-6-12-8(2)10-3-4-11-13(7)14(9)16(12)15(10)11/h3-5,8-16H,6H2,1-2H3/t8?,9-,10+,11+,12-,13-,14-,15+,16-/m1/s1. The first-order chi connectivity index (χ1) is 7.77. The Bertz CT molecular complexity index is 427. The molecule has 5 aliphatic rings. The molecule has 9 atom stereocenters. The molecular formula is C16H20. The molecule has 0 bridgehead atoms. The second-order valence-corrected chi connectivity index (χ2v) is 7.13. The second kappa shape index (κ2) is 2.35. The number of hydrogen-bond donors (Lipinski definition) is 0. The van der Waals surface area contributed by atoms with E-state index in [1.54, 1.807) is 5.57 Å². The average Bonchev–Trinajstić information content (AvgIpc) is 2.90. The lowest BCUT2D eigenvalue weighted by Crippen LogP contribution is -2.16. The summed E-state index contributed by atoms with van der Waals surface area (Å²) < 4.78 is 0. The minimum atomic E-state index is 0.939. The summed E-state index contributed by atoms with van der Waals surface area (Å²) in [5, 5.41) is 0. The summed E-state index contributed by atoms with van der Waals surface area (Å²) in [4.78, 5) is 0. The van der Waals surface area contributed by atoms with E-state index in [9.17, 15) is 0 Å². The van der Waals surface area contributed by atoms with Gasteiger partial charge in [-0.05, 0) is 66.6 Å². The fourth-order valence-electron chi connectivity index (χ4n) is 6.76. The first-order valence-corrected chi connectivity index (χ1v) is 7.14. The van der Waals surface area contributed by atoms with Gasteiger partial charge in [-0.25, -0.2) is 0 Å². The van der Waals surface area contributed by atoms with E-state index < -0.39 is 0 Å². The highest BCUT2D eigenvalue weighted by Crippen LogP contribution is 2.73. The van der Waals surface area contributed by atoms with Gasteiger partial charge < -0.3 is 0 Å². The smallest absolute Gasteiger partial charge is 0.0103 e. The van der Waals surface area contributed by atoms with Gasteiger partial charge in [0.2, 0.25) is 0 Å². The number of fused-ring (bicyclic) bond motifs is 1. The van der Waals surface area contributed by atoms with Crippen LogP contribution in [0.25, 0.3) is 0 Å². The van der Waals surface area contributed by atoms with Crippen LogP contribution in [-0.4, -0.2) is 0 Å². The van der Waals surface area contributed by atoms with Gasteiger partial charge in [-0.15, -0.1) is 0 Å². The van der Waals surface area contributed by atoms with Crippen molar-refractivity contribution in [2.75, 3.05) is 0 Å². The van der Waals surface area contributed by atoms with Gasteiger partial charge in [0.15, 0.2) is 0 Å². The van der Waals surface area contributed by atoms with Crippen molar-refractivity contribution in [1.29, 1.82) is 0 Å². The van der Waals surface area contributed by atoms with Crippen LogP contribution in [0.2, 0.25) is 0 Å². The van der Waals surface area contributed by atoms with Crippen LogP contribution in [0.4, 0.5) is 0 Å². The van der Waals surface area contributed by atoms with Gasteiger partial charge in [-0.2, -0.15) is 0 Å².